The molecule has 0 bridgehead atoms. The number of halogens is 1. The number of ether oxygens (including phenoxy) is 3. The molecule has 0 aliphatic heterocycles. The van der Waals surface area contributed by atoms with Gasteiger partial charge in [0.05, 0.1) is 25.7 Å². The zero-order chi connectivity index (χ0) is 22.0. The largest absolute Gasteiger partial charge is 0.489 e. The van der Waals surface area contributed by atoms with Crippen LogP contribution in [0.2, 0.25) is 0 Å². The van der Waals surface area contributed by atoms with Crippen LogP contribution in [0.25, 0.3) is 0 Å². The summed E-state index contributed by atoms with van der Waals surface area (Å²) in [6.45, 7) is 5.64. The Morgan fingerprint density at radius 2 is 2.03 bits per heavy atom. The van der Waals surface area contributed by atoms with E-state index in [4.69, 9.17) is 18.6 Å². The summed E-state index contributed by atoms with van der Waals surface area (Å²) in [5, 5.41) is 0. The van der Waals surface area contributed by atoms with Crippen molar-refractivity contribution >= 4 is 21.9 Å². The lowest BCUT2D eigenvalue weighted by atomic mass is 9.65. The van der Waals surface area contributed by atoms with E-state index in [1.54, 1.807) is 6.26 Å². The number of rotatable bonds is 10. The molecular weight excluding hydrogens is 460 g/mol. The van der Waals surface area contributed by atoms with Crippen LogP contribution in [0, 0.1) is 17.3 Å². The van der Waals surface area contributed by atoms with Crippen LogP contribution >= 0.6 is 15.9 Å². The number of carbonyl (C=O) groups excluding carboxylic acids is 1. The minimum atomic E-state index is -0.164. The first-order valence-corrected chi connectivity index (χ1v) is 11.8. The Bertz CT molecular complexity index is 906. The molecule has 5 nitrogen and oxygen atoms in total. The van der Waals surface area contributed by atoms with Gasteiger partial charge in [-0.2, -0.15) is 0 Å². The normalized spacial score (nSPS) is 18.8. The second kappa shape index (κ2) is 9.27. The summed E-state index contributed by atoms with van der Waals surface area (Å²) in [5.41, 5.74) is 2.44. The highest BCUT2D eigenvalue weighted by atomic mass is 79.9. The third-order valence-electron chi connectivity index (χ3n) is 6.41. The van der Waals surface area contributed by atoms with Crippen molar-refractivity contribution in [2.24, 2.45) is 17.3 Å². The highest BCUT2D eigenvalue weighted by molar-refractivity contribution is 9.10. The fourth-order valence-electron chi connectivity index (χ4n) is 4.74. The average Bonchev–Trinajstić information content (AvgIpc) is 3.51. The number of hydrogen-bond acceptors (Lipinski definition) is 5. The van der Waals surface area contributed by atoms with E-state index in [-0.39, 0.29) is 11.9 Å². The van der Waals surface area contributed by atoms with Gasteiger partial charge in [0.1, 0.15) is 18.6 Å². The number of furan rings is 1. The van der Waals surface area contributed by atoms with Crippen LogP contribution in [-0.2, 0) is 16.1 Å². The van der Waals surface area contributed by atoms with E-state index in [0.29, 0.717) is 41.6 Å². The quantitative estimate of drug-likeness (QED) is 0.356. The predicted octanol–water partition coefficient (Wildman–Crippen LogP) is 6.49. The number of hydrogen-bond donors (Lipinski definition) is 0. The van der Waals surface area contributed by atoms with Crippen molar-refractivity contribution in [3.8, 4) is 11.5 Å². The molecule has 2 fully saturated rings. The van der Waals surface area contributed by atoms with E-state index in [9.17, 15) is 4.79 Å². The summed E-state index contributed by atoms with van der Waals surface area (Å²) < 4.78 is 23.2. The summed E-state index contributed by atoms with van der Waals surface area (Å²) in [5.74, 6) is 2.67. The van der Waals surface area contributed by atoms with Crippen LogP contribution in [0.4, 0.5) is 0 Å². The molecule has 2 aliphatic carbocycles. The van der Waals surface area contributed by atoms with Gasteiger partial charge >= 0.3 is 5.97 Å². The first-order valence-electron chi connectivity index (χ1n) is 11.0. The lowest BCUT2D eigenvalue weighted by Gasteiger charge is -2.42. The van der Waals surface area contributed by atoms with Gasteiger partial charge in [-0.1, -0.05) is 26.0 Å². The van der Waals surface area contributed by atoms with Crippen LogP contribution < -0.4 is 9.47 Å². The number of benzene rings is 1. The first-order chi connectivity index (χ1) is 14.8. The second-order valence-corrected chi connectivity index (χ2v) is 10.4. The summed E-state index contributed by atoms with van der Waals surface area (Å²) in [4.78, 5) is 11.9. The molecule has 1 unspecified atom stereocenters. The fourth-order valence-corrected chi connectivity index (χ4v) is 5.20. The highest BCUT2D eigenvalue weighted by Gasteiger charge is 2.36. The van der Waals surface area contributed by atoms with Gasteiger partial charge in [-0.05, 0) is 82.5 Å². The predicted molar refractivity (Wildman–Crippen MR) is 121 cm³/mol. The molecule has 6 heteroatoms. The van der Waals surface area contributed by atoms with Gasteiger partial charge in [0.2, 0.25) is 4.67 Å². The van der Waals surface area contributed by atoms with Gasteiger partial charge in [-0.3, -0.25) is 4.79 Å². The van der Waals surface area contributed by atoms with Crippen LogP contribution in [0.5, 0.6) is 11.5 Å². The Kier molecular flexibility index (Phi) is 6.65. The van der Waals surface area contributed by atoms with E-state index >= 15 is 0 Å². The minimum absolute atomic E-state index is 0.164. The van der Waals surface area contributed by atoms with Gasteiger partial charge in [0.25, 0.3) is 0 Å². The van der Waals surface area contributed by atoms with E-state index < -0.39 is 0 Å². The summed E-state index contributed by atoms with van der Waals surface area (Å²) in [6, 6.07) is 8.04. The number of esters is 1. The zero-order valence-corrected chi connectivity index (χ0v) is 20.1. The van der Waals surface area contributed by atoms with Crippen molar-refractivity contribution in [3.05, 3.63) is 46.3 Å². The van der Waals surface area contributed by atoms with E-state index in [1.165, 1.54) is 20.0 Å². The zero-order valence-electron chi connectivity index (χ0n) is 18.5. The van der Waals surface area contributed by atoms with E-state index in [2.05, 4.69) is 35.8 Å². The van der Waals surface area contributed by atoms with Crippen molar-refractivity contribution in [2.75, 3.05) is 13.7 Å². The van der Waals surface area contributed by atoms with Gasteiger partial charge in [-0.15, -0.1) is 0 Å². The Morgan fingerprint density at radius 1 is 1.26 bits per heavy atom. The monoisotopic (exact) mass is 490 g/mol. The summed E-state index contributed by atoms with van der Waals surface area (Å²) in [6.07, 6.45) is 6.79. The van der Waals surface area contributed by atoms with Gasteiger partial charge in [-0.25, -0.2) is 0 Å². The van der Waals surface area contributed by atoms with Crippen molar-refractivity contribution in [3.63, 3.8) is 0 Å². The first kappa shape index (κ1) is 22.3. The van der Waals surface area contributed by atoms with Gasteiger partial charge in [0, 0.05) is 0 Å². The van der Waals surface area contributed by atoms with Crippen LogP contribution in [0.15, 0.2) is 39.6 Å². The molecule has 1 aromatic heterocycles. The van der Waals surface area contributed by atoms with Crippen molar-refractivity contribution in [2.45, 2.75) is 58.5 Å². The minimum Gasteiger partial charge on any atom is -0.489 e. The molecule has 1 aromatic carbocycles. The third-order valence-corrected chi connectivity index (χ3v) is 6.95. The maximum Gasteiger partial charge on any atom is 0.306 e. The Morgan fingerprint density at radius 3 is 2.71 bits per heavy atom. The topological polar surface area (TPSA) is 57.9 Å². The molecule has 168 valence electrons. The van der Waals surface area contributed by atoms with E-state index in [1.807, 2.05) is 18.2 Å². The number of methoxy groups -OCH3 is 1. The molecule has 1 atom stereocenters. The molecule has 2 saturated carbocycles. The molecule has 0 radical (unpaired) electrons. The SMILES string of the molecule is COC(=O)CC(c1cccc(OCc2coc(Br)c2OCC2CC(C)(C)C2)c1)C1CC1. The summed E-state index contributed by atoms with van der Waals surface area (Å²) >= 11 is 3.45. The molecule has 0 amide bonds. The van der Waals surface area contributed by atoms with Crippen molar-refractivity contribution in [1.29, 1.82) is 0 Å². The molecular formula is C25H31BrO5. The van der Waals surface area contributed by atoms with Crippen molar-refractivity contribution in [1.82, 2.24) is 0 Å². The summed E-state index contributed by atoms with van der Waals surface area (Å²) in [7, 11) is 1.44. The lowest BCUT2D eigenvalue weighted by Crippen LogP contribution is -2.35. The Balaban J connectivity index is 1.37. The Hall–Kier alpha value is -1.95. The van der Waals surface area contributed by atoms with E-state index in [0.717, 1.165) is 35.5 Å². The molecule has 0 saturated heterocycles. The van der Waals surface area contributed by atoms with Crippen molar-refractivity contribution < 1.29 is 23.4 Å². The highest BCUT2D eigenvalue weighted by Crippen LogP contribution is 2.46. The molecule has 1 heterocycles. The van der Waals surface area contributed by atoms with Gasteiger partial charge < -0.3 is 18.6 Å². The maximum absolute atomic E-state index is 11.9. The maximum atomic E-state index is 11.9. The van der Waals surface area contributed by atoms with Crippen LogP contribution in [0.1, 0.15) is 63.0 Å². The third kappa shape index (κ3) is 5.65. The standard InChI is InChI=1S/C25H31BrO5/c1-25(2)11-16(12-25)13-30-23-19(15-31-24(23)26)14-29-20-6-4-5-18(9-20)21(17-7-8-17)10-22(27)28-3/h4-6,9,15-17,21H,7-8,10-14H2,1-3H3. The Labute approximate surface area is 192 Å². The van der Waals surface area contributed by atoms with Crippen LogP contribution in [0.3, 0.4) is 0 Å². The molecule has 0 N–H and O–H groups in total. The fraction of sp³-hybridized carbons (Fsp3) is 0.560. The molecule has 0 spiro atoms. The number of carbonyl (C=O) groups is 1. The van der Waals surface area contributed by atoms with Crippen LogP contribution in [-0.4, -0.2) is 19.7 Å². The molecule has 2 aromatic rings. The molecule has 4 rings (SSSR count). The average molecular weight is 491 g/mol. The molecule has 31 heavy (non-hydrogen) atoms. The smallest absolute Gasteiger partial charge is 0.306 e. The second-order valence-electron chi connectivity index (χ2n) is 9.70. The lowest BCUT2D eigenvalue weighted by molar-refractivity contribution is -0.141. The molecule has 2 aliphatic rings. The van der Waals surface area contributed by atoms with Gasteiger partial charge in [0.15, 0.2) is 5.75 Å².